The Bertz CT molecular complexity index is 646. The fourth-order valence-corrected chi connectivity index (χ4v) is 2.73. The summed E-state index contributed by atoms with van der Waals surface area (Å²) in [5.41, 5.74) is 1.39. The number of methoxy groups -OCH3 is 1. The molecular formula is C17H28N4O4. The highest BCUT2D eigenvalue weighted by Crippen LogP contribution is 2.23. The first-order valence-electron chi connectivity index (χ1n) is 8.41. The molecule has 2 rings (SSSR count). The number of rotatable bonds is 3. The molecule has 2 amide bonds. The molecule has 0 saturated carbocycles. The van der Waals surface area contributed by atoms with Gasteiger partial charge in [0, 0.05) is 39.9 Å². The van der Waals surface area contributed by atoms with Gasteiger partial charge in [0.2, 0.25) is 0 Å². The number of fused-ring (bicyclic) bond motifs is 1. The molecule has 0 unspecified atom stereocenters. The first-order chi connectivity index (χ1) is 11.6. The molecule has 1 aromatic rings. The monoisotopic (exact) mass is 352 g/mol. The summed E-state index contributed by atoms with van der Waals surface area (Å²) in [5.74, 6) is -0.170. The molecule has 1 aliphatic heterocycles. The van der Waals surface area contributed by atoms with Crippen molar-refractivity contribution in [2.24, 2.45) is 0 Å². The molecule has 0 bridgehead atoms. The summed E-state index contributed by atoms with van der Waals surface area (Å²) in [6.07, 6.45) is 0.390. The highest BCUT2D eigenvalue weighted by molar-refractivity contribution is 5.93. The first kappa shape index (κ1) is 19.2. The van der Waals surface area contributed by atoms with Crippen molar-refractivity contribution in [2.75, 3.05) is 27.7 Å². The van der Waals surface area contributed by atoms with E-state index < -0.39 is 5.60 Å². The second-order valence-corrected chi connectivity index (χ2v) is 7.39. The summed E-state index contributed by atoms with van der Waals surface area (Å²) in [6, 6.07) is 0. The van der Waals surface area contributed by atoms with Crippen LogP contribution in [-0.4, -0.2) is 64.9 Å². The molecule has 8 heteroatoms. The lowest BCUT2D eigenvalue weighted by atomic mass is 10.1. The van der Waals surface area contributed by atoms with Crippen molar-refractivity contribution in [3.63, 3.8) is 0 Å². The van der Waals surface area contributed by atoms with Gasteiger partial charge in [-0.15, -0.1) is 0 Å². The SMILES string of the molecule is COCc1c(C(=O)N(C)C)nn2c1CN(C(=O)OC(C)(C)C)CCC2. The Morgan fingerprint density at radius 3 is 2.48 bits per heavy atom. The quantitative estimate of drug-likeness (QED) is 0.830. The van der Waals surface area contributed by atoms with E-state index in [1.807, 2.05) is 25.5 Å². The van der Waals surface area contributed by atoms with Crippen LogP contribution in [0.25, 0.3) is 0 Å². The number of aromatic nitrogens is 2. The van der Waals surface area contributed by atoms with Gasteiger partial charge >= 0.3 is 6.09 Å². The van der Waals surface area contributed by atoms with E-state index in [0.29, 0.717) is 25.3 Å². The highest BCUT2D eigenvalue weighted by Gasteiger charge is 2.30. The van der Waals surface area contributed by atoms with Gasteiger partial charge in [-0.2, -0.15) is 5.10 Å². The Hall–Kier alpha value is -2.09. The van der Waals surface area contributed by atoms with E-state index in [1.165, 1.54) is 4.90 Å². The van der Waals surface area contributed by atoms with E-state index in [-0.39, 0.29) is 18.6 Å². The van der Waals surface area contributed by atoms with Crippen molar-refractivity contribution >= 4 is 12.0 Å². The summed E-state index contributed by atoms with van der Waals surface area (Å²) in [7, 11) is 4.96. The maximum atomic E-state index is 12.5. The summed E-state index contributed by atoms with van der Waals surface area (Å²) < 4.78 is 12.6. The van der Waals surface area contributed by atoms with Crippen molar-refractivity contribution in [1.82, 2.24) is 19.6 Å². The van der Waals surface area contributed by atoms with Gasteiger partial charge in [-0.3, -0.25) is 9.48 Å². The number of hydrogen-bond donors (Lipinski definition) is 0. The van der Waals surface area contributed by atoms with Crippen LogP contribution in [0.4, 0.5) is 4.79 Å². The molecule has 1 aliphatic rings. The lowest BCUT2D eigenvalue weighted by molar-refractivity contribution is 0.0235. The van der Waals surface area contributed by atoms with Crippen LogP contribution in [0.2, 0.25) is 0 Å². The molecule has 0 saturated heterocycles. The van der Waals surface area contributed by atoms with Crippen molar-refractivity contribution in [2.45, 2.75) is 52.5 Å². The van der Waals surface area contributed by atoms with Crippen LogP contribution >= 0.6 is 0 Å². The summed E-state index contributed by atoms with van der Waals surface area (Å²) >= 11 is 0. The fraction of sp³-hybridized carbons (Fsp3) is 0.706. The molecule has 0 aliphatic carbocycles. The molecule has 0 fully saturated rings. The van der Waals surface area contributed by atoms with Gasteiger partial charge in [0.05, 0.1) is 18.8 Å². The largest absolute Gasteiger partial charge is 0.444 e. The molecule has 0 aromatic carbocycles. The van der Waals surface area contributed by atoms with Crippen LogP contribution in [0, 0.1) is 0 Å². The number of carbonyl (C=O) groups excluding carboxylic acids is 2. The van der Waals surface area contributed by atoms with Crippen LogP contribution in [0.15, 0.2) is 0 Å². The van der Waals surface area contributed by atoms with Gasteiger partial charge in [-0.05, 0) is 27.2 Å². The molecule has 0 radical (unpaired) electrons. The van der Waals surface area contributed by atoms with Crippen LogP contribution in [0.1, 0.15) is 48.9 Å². The zero-order valence-electron chi connectivity index (χ0n) is 16.0. The van der Waals surface area contributed by atoms with Crippen molar-refractivity contribution < 1.29 is 19.1 Å². The minimum absolute atomic E-state index is 0.170. The van der Waals surface area contributed by atoms with Gasteiger partial charge < -0.3 is 19.3 Å². The van der Waals surface area contributed by atoms with Crippen LogP contribution in [-0.2, 0) is 29.2 Å². The van der Waals surface area contributed by atoms with Gasteiger partial charge in [-0.1, -0.05) is 0 Å². The first-order valence-corrected chi connectivity index (χ1v) is 8.41. The molecule has 25 heavy (non-hydrogen) atoms. The lowest BCUT2D eigenvalue weighted by Crippen LogP contribution is -2.36. The summed E-state index contributed by atoms with van der Waals surface area (Å²) in [6.45, 7) is 7.38. The Morgan fingerprint density at radius 2 is 1.92 bits per heavy atom. The highest BCUT2D eigenvalue weighted by atomic mass is 16.6. The van der Waals surface area contributed by atoms with Gasteiger partial charge in [0.1, 0.15) is 5.60 Å². The number of hydrogen-bond acceptors (Lipinski definition) is 5. The Kier molecular flexibility index (Phi) is 5.72. The van der Waals surface area contributed by atoms with E-state index in [2.05, 4.69) is 5.10 Å². The second-order valence-electron chi connectivity index (χ2n) is 7.39. The zero-order valence-corrected chi connectivity index (χ0v) is 16.0. The number of carbonyl (C=O) groups is 2. The number of nitrogens with zero attached hydrogens (tertiary/aromatic N) is 4. The van der Waals surface area contributed by atoms with Crippen LogP contribution in [0.3, 0.4) is 0 Å². The van der Waals surface area contributed by atoms with Crippen LogP contribution in [0.5, 0.6) is 0 Å². The third kappa shape index (κ3) is 4.50. The minimum atomic E-state index is -0.551. The molecule has 0 N–H and O–H groups in total. The Labute approximate surface area is 148 Å². The molecule has 8 nitrogen and oxygen atoms in total. The van der Waals surface area contributed by atoms with E-state index >= 15 is 0 Å². The van der Waals surface area contributed by atoms with Gasteiger partial charge in [0.15, 0.2) is 5.69 Å². The lowest BCUT2D eigenvalue weighted by Gasteiger charge is -2.26. The third-order valence-electron chi connectivity index (χ3n) is 3.85. The molecule has 1 aromatic heterocycles. The topological polar surface area (TPSA) is 76.9 Å². The summed E-state index contributed by atoms with van der Waals surface area (Å²) in [5, 5.41) is 4.49. The molecule has 2 heterocycles. The maximum absolute atomic E-state index is 12.5. The fourth-order valence-electron chi connectivity index (χ4n) is 2.73. The second kappa shape index (κ2) is 7.43. The predicted molar refractivity (Wildman–Crippen MR) is 92.2 cm³/mol. The smallest absolute Gasteiger partial charge is 0.410 e. The standard InChI is InChI=1S/C17H28N4O4/c1-17(2,3)25-16(23)20-8-7-9-21-13(10-20)12(11-24-6)14(18-21)15(22)19(4)5/h7-11H2,1-6H3. The van der Waals surface area contributed by atoms with E-state index in [9.17, 15) is 9.59 Å². The third-order valence-corrected chi connectivity index (χ3v) is 3.85. The zero-order chi connectivity index (χ0) is 18.8. The molecule has 140 valence electrons. The van der Waals surface area contributed by atoms with E-state index in [4.69, 9.17) is 9.47 Å². The average molecular weight is 352 g/mol. The van der Waals surface area contributed by atoms with Crippen molar-refractivity contribution in [3.05, 3.63) is 17.0 Å². The number of amides is 2. The van der Waals surface area contributed by atoms with Gasteiger partial charge in [0.25, 0.3) is 5.91 Å². The molecule has 0 spiro atoms. The van der Waals surface area contributed by atoms with Gasteiger partial charge in [-0.25, -0.2) is 4.79 Å². The molecule has 0 atom stereocenters. The Balaban J connectivity index is 2.35. The minimum Gasteiger partial charge on any atom is -0.444 e. The number of aryl methyl sites for hydroxylation is 1. The molecular weight excluding hydrogens is 324 g/mol. The van der Waals surface area contributed by atoms with Crippen LogP contribution < -0.4 is 0 Å². The maximum Gasteiger partial charge on any atom is 0.410 e. The van der Waals surface area contributed by atoms with E-state index in [0.717, 1.165) is 17.7 Å². The predicted octanol–water partition coefficient (Wildman–Crippen LogP) is 1.87. The normalized spacial score (nSPS) is 14.7. The summed E-state index contributed by atoms with van der Waals surface area (Å²) in [4.78, 5) is 28.1. The van der Waals surface area contributed by atoms with Crippen molar-refractivity contribution in [3.8, 4) is 0 Å². The Morgan fingerprint density at radius 1 is 1.24 bits per heavy atom. The van der Waals surface area contributed by atoms with Crippen molar-refractivity contribution in [1.29, 1.82) is 0 Å². The average Bonchev–Trinajstić information content (AvgIpc) is 2.69. The van der Waals surface area contributed by atoms with E-state index in [1.54, 1.807) is 26.1 Å². The number of ether oxygens (including phenoxy) is 2.